The van der Waals surface area contributed by atoms with E-state index in [2.05, 4.69) is 13.8 Å². The number of Topliss-reactive ketones (excluding diaryl/α,β-unsaturated/α-hetero) is 1. The van der Waals surface area contributed by atoms with Crippen molar-refractivity contribution in [2.24, 2.45) is 5.41 Å². The fourth-order valence-corrected chi connectivity index (χ4v) is 2.27. The van der Waals surface area contributed by atoms with Gasteiger partial charge >= 0.3 is 0 Å². The van der Waals surface area contributed by atoms with Crippen LogP contribution in [-0.2, 0) is 0 Å². The summed E-state index contributed by atoms with van der Waals surface area (Å²) < 4.78 is 5.70. The van der Waals surface area contributed by atoms with Gasteiger partial charge < -0.3 is 4.74 Å². The zero-order valence-corrected chi connectivity index (χ0v) is 10.7. The van der Waals surface area contributed by atoms with E-state index in [1.54, 1.807) is 11.8 Å². The van der Waals surface area contributed by atoms with Crippen LogP contribution in [0, 0.1) is 5.41 Å². The van der Waals surface area contributed by atoms with Crippen LogP contribution in [0.25, 0.3) is 0 Å². The van der Waals surface area contributed by atoms with Crippen LogP contribution >= 0.6 is 11.8 Å². The van der Waals surface area contributed by atoms with E-state index >= 15 is 0 Å². The van der Waals surface area contributed by atoms with E-state index in [4.69, 9.17) is 4.74 Å². The summed E-state index contributed by atoms with van der Waals surface area (Å²) in [7, 11) is 0. The highest BCUT2D eigenvalue weighted by Gasteiger charge is 2.29. The van der Waals surface area contributed by atoms with Crippen molar-refractivity contribution in [3.05, 3.63) is 23.8 Å². The Balaban J connectivity index is 2.42. The number of ketones is 1. The van der Waals surface area contributed by atoms with E-state index in [9.17, 15) is 4.79 Å². The van der Waals surface area contributed by atoms with Gasteiger partial charge in [-0.05, 0) is 24.5 Å². The van der Waals surface area contributed by atoms with E-state index in [0.717, 1.165) is 16.2 Å². The largest absolute Gasteiger partial charge is 0.492 e. The smallest absolute Gasteiger partial charge is 0.167 e. The molecule has 0 amide bonds. The van der Waals surface area contributed by atoms with Crippen LogP contribution < -0.4 is 4.74 Å². The Hall–Kier alpha value is -0.960. The Morgan fingerprint density at radius 3 is 2.81 bits per heavy atom. The average Bonchev–Trinajstić information content (AvgIpc) is 2.35. The SMILES string of the molecule is CSc1ccc2c(c1)C(=O)CC(C)(C)CO2. The zero-order chi connectivity index (χ0) is 11.8. The maximum atomic E-state index is 12.1. The highest BCUT2D eigenvalue weighted by molar-refractivity contribution is 7.98. The van der Waals surface area contributed by atoms with Gasteiger partial charge in [0.05, 0.1) is 12.2 Å². The Morgan fingerprint density at radius 1 is 1.38 bits per heavy atom. The number of hydrogen-bond acceptors (Lipinski definition) is 3. The van der Waals surface area contributed by atoms with Crippen molar-refractivity contribution in [1.29, 1.82) is 0 Å². The third-order valence-corrected chi connectivity index (χ3v) is 3.47. The third kappa shape index (κ3) is 2.24. The molecule has 1 aliphatic heterocycles. The molecule has 3 heteroatoms. The van der Waals surface area contributed by atoms with Crippen LogP contribution in [0.15, 0.2) is 23.1 Å². The zero-order valence-electron chi connectivity index (χ0n) is 9.87. The van der Waals surface area contributed by atoms with Crippen LogP contribution in [0.4, 0.5) is 0 Å². The van der Waals surface area contributed by atoms with Crippen LogP contribution in [-0.4, -0.2) is 18.6 Å². The first-order chi connectivity index (χ1) is 7.52. The molecule has 1 aromatic carbocycles. The molecule has 1 aromatic rings. The molecule has 0 saturated heterocycles. The molecule has 0 bridgehead atoms. The first-order valence-corrected chi connectivity index (χ1v) is 6.58. The standard InChI is InChI=1S/C13H16O2S/c1-13(2)7-11(14)10-6-9(16-3)4-5-12(10)15-8-13/h4-6H,7-8H2,1-3H3. The number of hydrogen-bond donors (Lipinski definition) is 0. The summed E-state index contributed by atoms with van der Waals surface area (Å²) in [5.41, 5.74) is 0.660. The molecule has 0 atom stereocenters. The number of carbonyl (C=O) groups is 1. The second-order valence-corrected chi connectivity index (χ2v) is 5.79. The van der Waals surface area contributed by atoms with Gasteiger partial charge in [0.25, 0.3) is 0 Å². The molecule has 16 heavy (non-hydrogen) atoms. The Morgan fingerprint density at radius 2 is 2.12 bits per heavy atom. The minimum absolute atomic E-state index is 0.0738. The maximum absolute atomic E-state index is 12.1. The van der Waals surface area contributed by atoms with Gasteiger partial charge in [-0.3, -0.25) is 4.79 Å². The van der Waals surface area contributed by atoms with Crippen molar-refractivity contribution in [2.75, 3.05) is 12.9 Å². The number of rotatable bonds is 1. The third-order valence-electron chi connectivity index (χ3n) is 2.74. The summed E-state index contributed by atoms with van der Waals surface area (Å²) in [5.74, 6) is 0.918. The van der Waals surface area contributed by atoms with Gasteiger partial charge in [-0.1, -0.05) is 13.8 Å². The Kier molecular flexibility index (Phi) is 2.98. The molecular weight excluding hydrogens is 220 g/mol. The summed E-state index contributed by atoms with van der Waals surface area (Å²) in [6.45, 7) is 4.73. The van der Waals surface area contributed by atoms with Gasteiger partial charge in [-0.25, -0.2) is 0 Å². The van der Waals surface area contributed by atoms with E-state index in [1.807, 2.05) is 24.5 Å². The van der Waals surface area contributed by atoms with Crippen molar-refractivity contribution in [3.63, 3.8) is 0 Å². The molecule has 0 radical (unpaired) electrons. The molecule has 1 aliphatic rings. The predicted molar refractivity (Wildman–Crippen MR) is 66.4 cm³/mol. The average molecular weight is 236 g/mol. The summed E-state index contributed by atoms with van der Waals surface area (Å²) in [6, 6.07) is 5.83. The molecule has 2 nitrogen and oxygen atoms in total. The maximum Gasteiger partial charge on any atom is 0.167 e. The normalized spacial score (nSPS) is 18.6. The summed E-state index contributed by atoms with van der Waals surface area (Å²) in [4.78, 5) is 13.2. The van der Waals surface area contributed by atoms with E-state index in [-0.39, 0.29) is 11.2 Å². The number of carbonyl (C=O) groups excluding carboxylic acids is 1. The molecule has 0 unspecified atom stereocenters. The Labute approximate surface area is 100 Å². The van der Waals surface area contributed by atoms with Crippen molar-refractivity contribution < 1.29 is 9.53 Å². The van der Waals surface area contributed by atoms with Crippen LogP contribution in [0.2, 0.25) is 0 Å². The lowest BCUT2D eigenvalue weighted by Crippen LogP contribution is -2.21. The number of fused-ring (bicyclic) bond motifs is 1. The van der Waals surface area contributed by atoms with Crippen molar-refractivity contribution in [1.82, 2.24) is 0 Å². The first kappa shape index (κ1) is 11.5. The van der Waals surface area contributed by atoms with Crippen molar-refractivity contribution >= 4 is 17.5 Å². The summed E-state index contributed by atoms with van der Waals surface area (Å²) in [6.07, 6.45) is 2.56. The highest BCUT2D eigenvalue weighted by Crippen LogP contribution is 2.34. The lowest BCUT2D eigenvalue weighted by Gasteiger charge is -2.19. The monoisotopic (exact) mass is 236 g/mol. The van der Waals surface area contributed by atoms with Gasteiger partial charge in [0.15, 0.2) is 5.78 Å². The van der Waals surface area contributed by atoms with Crippen molar-refractivity contribution in [2.45, 2.75) is 25.2 Å². The fourth-order valence-electron chi connectivity index (χ4n) is 1.83. The van der Waals surface area contributed by atoms with Crippen molar-refractivity contribution in [3.8, 4) is 5.75 Å². The Bertz CT molecular complexity index is 424. The topological polar surface area (TPSA) is 26.3 Å². The molecule has 1 heterocycles. The van der Waals surface area contributed by atoms with Crippen LogP contribution in [0.1, 0.15) is 30.6 Å². The molecule has 0 saturated carbocycles. The number of benzene rings is 1. The predicted octanol–water partition coefficient (Wildman–Crippen LogP) is 3.40. The van der Waals surface area contributed by atoms with Gasteiger partial charge in [0, 0.05) is 16.7 Å². The van der Waals surface area contributed by atoms with E-state index < -0.39 is 0 Å². The second-order valence-electron chi connectivity index (χ2n) is 4.91. The minimum atomic E-state index is -0.0738. The summed E-state index contributed by atoms with van der Waals surface area (Å²) in [5, 5.41) is 0. The van der Waals surface area contributed by atoms with Gasteiger partial charge in [0.2, 0.25) is 0 Å². The number of thioether (sulfide) groups is 1. The summed E-state index contributed by atoms with van der Waals surface area (Å²) >= 11 is 1.64. The lowest BCUT2D eigenvalue weighted by atomic mass is 9.87. The molecule has 86 valence electrons. The minimum Gasteiger partial charge on any atom is -0.492 e. The quantitative estimate of drug-likeness (QED) is 0.699. The number of ether oxygens (including phenoxy) is 1. The van der Waals surface area contributed by atoms with E-state index in [0.29, 0.717) is 13.0 Å². The first-order valence-electron chi connectivity index (χ1n) is 5.36. The highest BCUT2D eigenvalue weighted by atomic mass is 32.2. The fraction of sp³-hybridized carbons (Fsp3) is 0.462. The van der Waals surface area contributed by atoms with Crippen LogP contribution in [0.3, 0.4) is 0 Å². The lowest BCUT2D eigenvalue weighted by molar-refractivity contribution is 0.0918. The molecule has 0 fully saturated rings. The van der Waals surface area contributed by atoms with Gasteiger partial charge in [0.1, 0.15) is 5.75 Å². The van der Waals surface area contributed by atoms with Gasteiger partial charge in [-0.2, -0.15) is 0 Å². The second kappa shape index (κ2) is 4.13. The molecule has 0 aromatic heterocycles. The molecule has 0 aliphatic carbocycles. The van der Waals surface area contributed by atoms with E-state index in [1.165, 1.54) is 0 Å². The molecular formula is C13H16O2S. The van der Waals surface area contributed by atoms with Crippen LogP contribution in [0.5, 0.6) is 5.75 Å². The molecule has 0 spiro atoms. The van der Waals surface area contributed by atoms with Gasteiger partial charge in [-0.15, -0.1) is 11.8 Å². The molecule has 0 N–H and O–H groups in total. The molecule has 2 rings (SSSR count).